The zero-order valence-electron chi connectivity index (χ0n) is 29.2. The molecule has 0 radical (unpaired) electrons. The highest BCUT2D eigenvalue weighted by molar-refractivity contribution is 9.08. The van der Waals surface area contributed by atoms with Crippen LogP contribution in [0.5, 0.6) is 5.75 Å². The third-order valence-corrected chi connectivity index (χ3v) is 11.3. The summed E-state index contributed by atoms with van der Waals surface area (Å²) in [4.78, 5) is 0. The standard InChI is InChI=1S/C43H52Br2O/c1-9-11-14-29(10-2)28-46-38-25-30(26-44)39-35-15-12-13-16-37(35)43(40(39)36(38)27-45,33-21-17-31(18-22-33)41(3,4)5)34-23-19-32(20-24-34)42(6,7)8/h12-13,15-25,29H,9-11,14,26-28H2,1-8H3. The molecular weight excluding hydrogens is 692 g/mol. The fraction of sp³-hybridized carbons (Fsp3) is 0.442. The summed E-state index contributed by atoms with van der Waals surface area (Å²) >= 11 is 7.92. The van der Waals surface area contributed by atoms with Gasteiger partial charge in [0.2, 0.25) is 0 Å². The molecule has 0 saturated carbocycles. The number of hydrogen-bond donors (Lipinski definition) is 0. The van der Waals surface area contributed by atoms with Gasteiger partial charge in [-0.3, -0.25) is 0 Å². The van der Waals surface area contributed by atoms with E-state index in [9.17, 15) is 0 Å². The molecule has 5 rings (SSSR count). The lowest BCUT2D eigenvalue weighted by Gasteiger charge is -2.36. The lowest BCUT2D eigenvalue weighted by molar-refractivity contribution is 0.231. The van der Waals surface area contributed by atoms with Crippen molar-refractivity contribution in [2.75, 3.05) is 6.61 Å². The van der Waals surface area contributed by atoms with Gasteiger partial charge in [0.15, 0.2) is 0 Å². The molecule has 1 aliphatic rings. The van der Waals surface area contributed by atoms with Crippen molar-refractivity contribution in [2.45, 2.75) is 108 Å². The second-order valence-corrected chi connectivity index (χ2v) is 16.3. The molecule has 0 fully saturated rings. The normalized spacial score (nSPS) is 14.6. The molecule has 3 heteroatoms. The van der Waals surface area contributed by atoms with Gasteiger partial charge in [0, 0.05) is 16.2 Å². The van der Waals surface area contributed by atoms with Crippen LogP contribution < -0.4 is 4.74 Å². The second kappa shape index (κ2) is 14.0. The summed E-state index contributed by atoms with van der Waals surface area (Å²) in [6.07, 6.45) is 4.81. The molecule has 1 aliphatic carbocycles. The van der Waals surface area contributed by atoms with Crippen molar-refractivity contribution in [2.24, 2.45) is 5.92 Å². The van der Waals surface area contributed by atoms with Crippen molar-refractivity contribution in [1.82, 2.24) is 0 Å². The van der Waals surface area contributed by atoms with Gasteiger partial charge in [-0.1, -0.05) is 179 Å². The number of benzene rings is 4. The van der Waals surface area contributed by atoms with Crippen LogP contribution in [0, 0.1) is 5.92 Å². The van der Waals surface area contributed by atoms with Gasteiger partial charge < -0.3 is 4.74 Å². The number of fused-ring (bicyclic) bond motifs is 3. The van der Waals surface area contributed by atoms with Gasteiger partial charge in [0.05, 0.1) is 12.0 Å². The smallest absolute Gasteiger partial charge is 0.124 e. The number of alkyl halides is 2. The van der Waals surface area contributed by atoms with Crippen molar-refractivity contribution in [3.63, 3.8) is 0 Å². The molecule has 0 spiro atoms. The van der Waals surface area contributed by atoms with Gasteiger partial charge in [-0.05, 0) is 79.3 Å². The average Bonchev–Trinajstić information content (AvgIpc) is 3.35. The second-order valence-electron chi connectivity index (χ2n) is 15.2. The van der Waals surface area contributed by atoms with E-state index in [1.54, 1.807) is 0 Å². The minimum atomic E-state index is -0.496. The minimum Gasteiger partial charge on any atom is -0.493 e. The first-order chi connectivity index (χ1) is 21.9. The highest BCUT2D eigenvalue weighted by atomic mass is 79.9. The fourth-order valence-corrected chi connectivity index (χ4v) is 8.31. The van der Waals surface area contributed by atoms with E-state index in [1.807, 2.05) is 0 Å². The highest BCUT2D eigenvalue weighted by Crippen LogP contribution is 2.60. The van der Waals surface area contributed by atoms with E-state index in [0.717, 1.165) is 29.4 Å². The van der Waals surface area contributed by atoms with Crippen molar-refractivity contribution in [1.29, 1.82) is 0 Å². The van der Waals surface area contributed by atoms with Crippen LogP contribution in [0.4, 0.5) is 0 Å². The molecular formula is C43H52Br2O. The largest absolute Gasteiger partial charge is 0.493 e. The zero-order chi connectivity index (χ0) is 33.3. The van der Waals surface area contributed by atoms with Crippen LogP contribution >= 0.6 is 31.9 Å². The monoisotopic (exact) mass is 742 g/mol. The highest BCUT2D eigenvalue weighted by Gasteiger charge is 2.49. The van der Waals surface area contributed by atoms with Gasteiger partial charge in [0.1, 0.15) is 5.75 Å². The van der Waals surface area contributed by atoms with E-state index in [4.69, 9.17) is 4.74 Å². The Morgan fingerprint density at radius 3 is 1.78 bits per heavy atom. The first kappa shape index (κ1) is 35.0. The molecule has 0 heterocycles. The molecule has 1 atom stereocenters. The average molecular weight is 745 g/mol. The summed E-state index contributed by atoms with van der Waals surface area (Å²) in [7, 11) is 0. The van der Waals surface area contributed by atoms with Crippen LogP contribution in [-0.2, 0) is 26.9 Å². The third kappa shape index (κ3) is 6.40. The van der Waals surface area contributed by atoms with Crippen molar-refractivity contribution in [3.05, 3.63) is 123 Å². The van der Waals surface area contributed by atoms with Crippen LogP contribution in [0.3, 0.4) is 0 Å². The maximum atomic E-state index is 6.89. The number of unbranched alkanes of at least 4 members (excludes halogenated alkanes) is 1. The Morgan fingerprint density at radius 2 is 1.30 bits per heavy atom. The van der Waals surface area contributed by atoms with E-state index >= 15 is 0 Å². The Hall–Kier alpha value is -2.36. The van der Waals surface area contributed by atoms with Crippen molar-refractivity contribution in [3.8, 4) is 16.9 Å². The maximum Gasteiger partial charge on any atom is 0.124 e. The first-order valence-electron chi connectivity index (χ1n) is 17.2. The molecule has 4 aromatic rings. The molecule has 244 valence electrons. The van der Waals surface area contributed by atoms with E-state index in [-0.39, 0.29) is 10.8 Å². The van der Waals surface area contributed by atoms with Crippen LogP contribution in [0.1, 0.15) is 126 Å². The number of ether oxygens (including phenoxy) is 1. The van der Waals surface area contributed by atoms with Crippen molar-refractivity contribution >= 4 is 31.9 Å². The molecule has 0 amide bonds. The Morgan fingerprint density at radius 1 is 0.739 bits per heavy atom. The van der Waals surface area contributed by atoms with Crippen LogP contribution in [0.25, 0.3) is 11.1 Å². The summed E-state index contributed by atoms with van der Waals surface area (Å²) in [6.45, 7) is 19.1. The Bertz CT molecular complexity index is 1580. The molecule has 0 aliphatic heterocycles. The molecule has 4 aromatic carbocycles. The lowest BCUT2D eigenvalue weighted by atomic mass is 9.65. The number of hydrogen-bond acceptors (Lipinski definition) is 1. The van der Waals surface area contributed by atoms with E-state index in [0.29, 0.717) is 5.92 Å². The molecule has 0 bridgehead atoms. The Balaban J connectivity index is 1.85. The van der Waals surface area contributed by atoms with Crippen LogP contribution in [-0.4, -0.2) is 6.61 Å². The summed E-state index contributed by atoms with van der Waals surface area (Å²) in [5.41, 5.74) is 12.8. The Labute approximate surface area is 295 Å². The molecule has 0 aromatic heterocycles. The molecule has 1 nitrogen and oxygen atoms in total. The zero-order valence-corrected chi connectivity index (χ0v) is 32.4. The van der Waals surface area contributed by atoms with Gasteiger partial charge in [-0.2, -0.15) is 0 Å². The van der Waals surface area contributed by atoms with Gasteiger partial charge in [-0.25, -0.2) is 0 Å². The topological polar surface area (TPSA) is 9.23 Å². The van der Waals surface area contributed by atoms with Gasteiger partial charge in [0.25, 0.3) is 0 Å². The summed E-state index contributed by atoms with van der Waals surface area (Å²) in [6, 6.07) is 30.4. The van der Waals surface area contributed by atoms with E-state index in [2.05, 4.69) is 166 Å². The van der Waals surface area contributed by atoms with E-state index in [1.165, 1.54) is 74.9 Å². The van der Waals surface area contributed by atoms with E-state index < -0.39 is 5.41 Å². The predicted molar refractivity (Wildman–Crippen MR) is 205 cm³/mol. The summed E-state index contributed by atoms with van der Waals surface area (Å²) in [5.74, 6) is 1.57. The minimum absolute atomic E-state index is 0.0737. The third-order valence-electron chi connectivity index (χ3n) is 10.1. The number of halogens is 2. The molecule has 0 N–H and O–H groups in total. The summed E-state index contributed by atoms with van der Waals surface area (Å²) in [5, 5.41) is 1.48. The summed E-state index contributed by atoms with van der Waals surface area (Å²) < 4.78 is 6.89. The van der Waals surface area contributed by atoms with Gasteiger partial charge in [-0.15, -0.1) is 0 Å². The molecule has 0 saturated heterocycles. The van der Waals surface area contributed by atoms with Gasteiger partial charge >= 0.3 is 0 Å². The SMILES string of the molecule is CCCCC(CC)COc1cc(CBr)c2c(c1CBr)C(c1ccc(C(C)(C)C)cc1)(c1ccc(C(C)(C)C)cc1)c1ccccc1-2. The maximum absolute atomic E-state index is 6.89. The van der Waals surface area contributed by atoms with Crippen LogP contribution in [0.15, 0.2) is 78.9 Å². The van der Waals surface area contributed by atoms with Crippen LogP contribution in [0.2, 0.25) is 0 Å². The quantitative estimate of drug-likeness (QED) is 0.122. The van der Waals surface area contributed by atoms with Crippen molar-refractivity contribution < 1.29 is 4.74 Å². The molecule has 1 unspecified atom stereocenters. The predicted octanol–water partition coefficient (Wildman–Crippen LogP) is 13.0. The molecule has 46 heavy (non-hydrogen) atoms. The lowest BCUT2D eigenvalue weighted by Crippen LogP contribution is -2.30. The first-order valence-corrected chi connectivity index (χ1v) is 19.4. The Kier molecular flexibility index (Phi) is 10.6. The number of rotatable bonds is 11. The fourth-order valence-electron chi connectivity index (χ4n) is 7.32.